The van der Waals surface area contributed by atoms with Gasteiger partial charge in [0.2, 0.25) is 5.89 Å². The van der Waals surface area contributed by atoms with E-state index < -0.39 is 0 Å². The first-order valence-electron chi connectivity index (χ1n) is 8.40. The third-order valence-corrected chi connectivity index (χ3v) is 5.44. The highest BCUT2D eigenvalue weighted by atomic mass is 35.5. The maximum absolute atomic E-state index is 6.01. The van der Waals surface area contributed by atoms with Crippen LogP contribution < -0.4 is 0 Å². The minimum absolute atomic E-state index is 0.0391. The molecule has 0 saturated heterocycles. The van der Waals surface area contributed by atoms with Gasteiger partial charge in [0.25, 0.3) is 5.89 Å². The zero-order valence-electron chi connectivity index (χ0n) is 15.9. The molecule has 0 radical (unpaired) electrons. The van der Waals surface area contributed by atoms with Gasteiger partial charge in [0.15, 0.2) is 0 Å². The average molecular weight is 391 g/mol. The lowest BCUT2D eigenvalue weighted by atomic mass is 9.92. The molecule has 0 N–H and O–H groups in total. The summed E-state index contributed by atoms with van der Waals surface area (Å²) in [7, 11) is 1.89. The zero-order chi connectivity index (χ0) is 19.1. The zero-order valence-corrected chi connectivity index (χ0v) is 17.4. The largest absolute Gasteiger partial charge is 0.418 e. The summed E-state index contributed by atoms with van der Waals surface area (Å²) >= 11 is 7.61. The molecule has 2 heterocycles. The van der Waals surface area contributed by atoms with Crippen LogP contribution >= 0.6 is 23.4 Å². The standard InChI is InChI=1S/C19H23ClN4OS/c1-18(2,3)15-11-14(24(6)23-15)16-21-22-17(25-16)19(4,5)26-13-9-7-12(20)8-10-13/h7-11H,1-6H3. The Morgan fingerprint density at radius 3 is 2.27 bits per heavy atom. The summed E-state index contributed by atoms with van der Waals surface area (Å²) in [4.78, 5) is 1.09. The molecule has 3 aromatic rings. The van der Waals surface area contributed by atoms with Crippen molar-refractivity contribution in [2.75, 3.05) is 0 Å². The van der Waals surface area contributed by atoms with Gasteiger partial charge < -0.3 is 4.42 Å². The topological polar surface area (TPSA) is 56.7 Å². The van der Waals surface area contributed by atoms with E-state index in [1.807, 2.05) is 37.4 Å². The van der Waals surface area contributed by atoms with Crippen molar-refractivity contribution in [2.24, 2.45) is 7.05 Å². The number of nitrogens with zero attached hydrogens (tertiary/aromatic N) is 4. The predicted molar refractivity (Wildman–Crippen MR) is 106 cm³/mol. The Morgan fingerprint density at radius 2 is 1.69 bits per heavy atom. The van der Waals surface area contributed by atoms with E-state index in [1.54, 1.807) is 16.4 Å². The Labute approximate surface area is 163 Å². The molecule has 0 aliphatic carbocycles. The quantitative estimate of drug-likeness (QED) is 0.554. The first-order chi connectivity index (χ1) is 12.1. The van der Waals surface area contributed by atoms with Gasteiger partial charge in [0.1, 0.15) is 5.69 Å². The molecule has 2 aromatic heterocycles. The summed E-state index contributed by atoms with van der Waals surface area (Å²) in [6.07, 6.45) is 0. The van der Waals surface area contributed by atoms with E-state index in [4.69, 9.17) is 16.0 Å². The van der Waals surface area contributed by atoms with E-state index in [2.05, 4.69) is 49.9 Å². The van der Waals surface area contributed by atoms with Gasteiger partial charge in [-0.15, -0.1) is 22.0 Å². The fourth-order valence-electron chi connectivity index (χ4n) is 2.44. The van der Waals surface area contributed by atoms with Crippen LogP contribution in [0.25, 0.3) is 11.6 Å². The Kier molecular flexibility index (Phi) is 4.92. The number of aryl methyl sites for hydroxylation is 1. The maximum Gasteiger partial charge on any atom is 0.266 e. The third kappa shape index (κ3) is 3.96. The van der Waals surface area contributed by atoms with Crippen molar-refractivity contribution in [1.29, 1.82) is 0 Å². The minimum Gasteiger partial charge on any atom is -0.418 e. The number of halogens is 1. The molecule has 0 fully saturated rings. The van der Waals surface area contributed by atoms with E-state index in [1.165, 1.54) is 0 Å². The maximum atomic E-state index is 6.01. The smallest absolute Gasteiger partial charge is 0.266 e. The summed E-state index contributed by atoms with van der Waals surface area (Å²) in [5, 5.41) is 13.8. The van der Waals surface area contributed by atoms with Gasteiger partial charge in [-0.25, -0.2) is 0 Å². The van der Waals surface area contributed by atoms with Crippen LogP contribution in [-0.2, 0) is 17.2 Å². The second-order valence-electron chi connectivity index (χ2n) is 7.77. The lowest BCUT2D eigenvalue weighted by molar-refractivity contribution is 0.458. The van der Waals surface area contributed by atoms with Gasteiger partial charge in [-0.05, 0) is 44.2 Å². The van der Waals surface area contributed by atoms with Gasteiger partial charge in [-0.1, -0.05) is 32.4 Å². The number of benzene rings is 1. The molecule has 3 rings (SSSR count). The van der Waals surface area contributed by atoms with E-state index >= 15 is 0 Å². The summed E-state index contributed by atoms with van der Waals surface area (Å²) in [5.74, 6) is 1.06. The molecule has 0 unspecified atom stereocenters. The van der Waals surface area contributed by atoms with Crippen molar-refractivity contribution in [3.05, 3.63) is 46.9 Å². The Hall–Kier alpha value is -1.79. The fourth-order valence-corrected chi connectivity index (χ4v) is 3.60. The van der Waals surface area contributed by atoms with Gasteiger partial charge in [-0.2, -0.15) is 5.10 Å². The number of aromatic nitrogens is 4. The molecule has 0 amide bonds. The van der Waals surface area contributed by atoms with Crippen LogP contribution in [0.3, 0.4) is 0 Å². The summed E-state index contributed by atoms with van der Waals surface area (Å²) in [6, 6.07) is 9.74. The van der Waals surface area contributed by atoms with Crippen molar-refractivity contribution in [1.82, 2.24) is 20.0 Å². The molecule has 0 bridgehead atoms. The molecule has 0 aliphatic heterocycles. The summed E-state index contributed by atoms with van der Waals surface area (Å²) in [6.45, 7) is 10.5. The molecule has 0 saturated carbocycles. The molecular weight excluding hydrogens is 368 g/mol. The average Bonchev–Trinajstić information content (AvgIpc) is 3.15. The lowest BCUT2D eigenvalue weighted by Gasteiger charge is -2.19. The van der Waals surface area contributed by atoms with E-state index in [9.17, 15) is 0 Å². The van der Waals surface area contributed by atoms with Crippen LogP contribution in [0, 0.1) is 0 Å². The van der Waals surface area contributed by atoms with Crippen molar-refractivity contribution in [2.45, 2.75) is 49.7 Å². The lowest BCUT2D eigenvalue weighted by Crippen LogP contribution is -2.12. The van der Waals surface area contributed by atoms with Crippen LogP contribution in [0.5, 0.6) is 0 Å². The molecule has 0 atom stereocenters. The molecule has 7 heteroatoms. The third-order valence-electron chi connectivity index (χ3n) is 3.99. The first-order valence-corrected chi connectivity index (χ1v) is 9.59. The molecule has 0 aliphatic rings. The summed E-state index contributed by atoms with van der Waals surface area (Å²) in [5.41, 5.74) is 1.77. The first kappa shape index (κ1) is 19.0. The van der Waals surface area contributed by atoms with Crippen LogP contribution in [0.2, 0.25) is 5.02 Å². The number of rotatable bonds is 4. The molecule has 0 spiro atoms. The van der Waals surface area contributed by atoms with Crippen LogP contribution in [-0.4, -0.2) is 20.0 Å². The highest BCUT2D eigenvalue weighted by Gasteiger charge is 2.30. The number of hydrogen-bond acceptors (Lipinski definition) is 5. The molecule has 26 heavy (non-hydrogen) atoms. The highest BCUT2D eigenvalue weighted by molar-refractivity contribution is 8.00. The van der Waals surface area contributed by atoms with Gasteiger partial charge >= 0.3 is 0 Å². The normalized spacial score (nSPS) is 12.6. The monoisotopic (exact) mass is 390 g/mol. The van der Waals surface area contributed by atoms with Crippen LogP contribution in [0.15, 0.2) is 39.6 Å². The molecule has 1 aromatic carbocycles. The predicted octanol–water partition coefficient (Wildman–Crippen LogP) is 5.45. The van der Waals surface area contributed by atoms with Crippen molar-refractivity contribution in [3.8, 4) is 11.6 Å². The Bertz CT molecular complexity index is 907. The van der Waals surface area contributed by atoms with Crippen LogP contribution in [0.1, 0.15) is 46.2 Å². The minimum atomic E-state index is -0.371. The van der Waals surface area contributed by atoms with Crippen molar-refractivity contribution < 1.29 is 4.42 Å². The van der Waals surface area contributed by atoms with Crippen LogP contribution in [0.4, 0.5) is 0 Å². The van der Waals surface area contributed by atoms with Gasteiger partial charge in [0.05, 0.1) is 10.4 Å². The molecular formula is C19H23ClN4OS. The summed E-state index contributed by atoms with van der Waals surface area (Å²) < 4.78 is 7.43. The fraction of sp³-hybridized carbons (Fsp3) is 0.421. The number of hydrogen-bond donors (Lipinski definition) is 0. The molecule has 138 valence electrons. The van der Waals surface area contributed by atoms with E-state index in [0.717, 1.165) is 21.3 Å². The van der Waals surface area contributed by atoms with Crippen molar-refractivity contribution in [3.63, 3.8) is 0 Å². The second kappa shape index (κ2) is 6.74. The Morgan fingerprint density at radius 1 is 1.04 bits per heavy atom. The SMILES string of the molecule is Cn1nc(C(C)(C)C)cc1-c1nnc(C(C)(C)Sc2ccc(Cl)cc2)o1. The van der Waals surface area contributed by atoms with E-state index in [-0.39, 0.29) is 10.2 Å². The van der Waals surface area contributed by atoms with E-state index in [0.29, 0.717) is 11.8 Å². The number of thioether (sulfide) groups is 1. The highest BCUT2D eigenvalue weighted by Crippen LogP contribution is 2.41. The Balaban J connectivity index is 1.87. The van der Waals surface area contributed by atoms with Crippen molar-refractivity contribution >= 4 is 23.4 Å². The van der Waals surface area contributed by atoms with Gasteiger partial charge in [-0.3, -0.25) is 4.68 Å². The van der Waals surface area contributed by atoms with Gasteiger partial charge in [0, 0.05) is 22.4 Å². The molecule has 5 nitrogen and oxygen atoms in total. The second-order valence-corrected chi connectivity index (χ2v) is 9.90.